The number of hydrogen-bond donors (Lipinski definition) is 14. The first-order chi connectivity index (χ1) is 29.1. The zero-order valence-electron chi connectivity index (χ0n) is 31.8. The molecule has 0 spiro atoms. The lowest BCUT2D eigenvalue weighted by Crippen LogP contribution is -2.50. The van der Waals surface area contributed by atoms with Gasteiger partial charge in [-0.05, 0) is 12.8 Å². The number of carboxylic acids is 4. The number of carboxylic acid groups (broad SMARTS) is 4. The third-order valence-corrected chi connectivity index (χ3v) is 11.9. The number of nitrogens with one attached hydrogen (secondary N) is 6. The third kappa shape index (κ3) is 15.9. The number of amides is 4. The summed E-state index contributed by atoms with van der Waals surface area (Å²) in [6, 6.07) is -6.19. The van der Waals surface area contributed by atoms with Crippen molar-refractivity contribution in [1.29, 1.82) is 0 Å². The van der Waals surface area contributed by atoms with Gasteiger partial charge in [-0.3, -0.25) is 52.2 Å². The Kier molecular flexibility index (Phi) is 19.6. The van der Waals surface area contributed by atoms with Gasteiger partial charge in [0.2, 0.25) is 23.6 Å². The lowest BCUT2D eigenvalue weighted by Gasteiger charge is -2.22. The van der Waals surface area contributed by atoms with E-state index >= 15 is 0 Å². The molecule has 29 nitrogen and oxygen atoms in total. The number of rotatable bonds is 27. The second kappa shape index (κ2) is 23.8. The number of hydrogen-bond acceptors (Lipinski definition) is 19. The molecule has 5 unspecified atom stereocenters. The highest BCUT2D eigenvalue weighted by atomic mass is 33.1. The van der Waals surface area contributed by atoms with Crippen LogP contribution in [0.15, 0.2) is 17.4 Å². The van der Waals surface area contributed by atoms with E-state index in [0.717, 1.165) is 38.8 Å². The SMILES string of the molecule is NC(CCC(=O)NC(CSSCC(NC(=O)CCC(NP(=O)(O)OC[C@H]1O[C@@H](n2cnc3c(=O)[nH]cnc32)[C@H](O)[C@@H]1O)C(=O)O)C(=O)NCC(=O)O)C(=O)NCC(=O)O)C(=O)O. The first kappa shape index (κ1) is 51.1. The second-order valence-electron chi connectivity index (χ2n) is 13.0. The Hall–Kier alpha value is -5.24. The maximum absolute atomic E-state index is 12.9. The fourth-order valence-electron chi connectivity index (χ4n) is 5.19. The van der Waals surface area contributed by atoms with Gasteiger partial charge in [0.1, 0.15) is 55.6 Å². The molecule has 1 saturated heterocycles. The van der Waals surface area contributed by atoms with Gasteiger partial charge < -0.3 is 72.3 Å². The number of carbonyl (C=O) groups is 8. The zero-order chi connectivity index (χ0) is 46.3. The number of carbonyl (C=O) groups excluding carboxylic acids is 4. The molecule has 1 aliphatic rings. The number of H-pyrrole nitrogens is 1. The first-order valence-electron chi connectivity index (χ1n) is 17.8. The largest absolute Gasteiger partial charge is 0.480 e. The van der Waals surface area contributed by atoms with Crippen LogP contribution >= 0.6 is 29.3 Å². The Morgan fingerprint density at radius 2 is 1.40 bits per heavy atom. The number of nitrogens with two attached hydrogens (primary N) is 1. The highest BCUT2D eigenvalue weighted by Crippen LogP contribution is 2.40. The summed E-state index contributed by atoms with van der Waals surface area (Å²) >= 11 is 0. The van der Waals surface area contributed by atoms with E-state index in [4.69, 9.17) is 30.3 Å². The molecule has 3 rings (SSSR count). The molecular formula is C30H43N10O19PS2. The minimum absolute atomic E-state index is 0.0212. The monoisotopic (exact) mass is 942 g/mol. The summed E-state index contributed by atoms with van der Waals surface area (Å²) in [5, 5.41) is 68.2. The van der Waals surface area contributed by atoms with Crippen molar-refractivity contribution < 1.29 is 87.7 Å². The molecule has 2 aromatic heterocycles. The van der Waals surface area contributed by atoms with Crippen molar-refractivity contribution in [3.8, 4) is 0 Å². The summed E-state index contributed by atoms with van der Waals surface area (Å²) in [7, 11) is -3.39. The van der Waals surface area contributed by atoms with E-state index in [1.165, 1.54) is 0 Å². The fraction of sp³-hybridized carbons (Fsp3) is 0.567. The summed E-state index contributed by atoms with van der Waals surface area (Å²) in [5.74, 6) is -10.3. The number of fused-ring (bicyclic) bond motifs is 1. The molecule has 62 heavy (non-hydrogen) atoms. The molecule has 0 aliphatic carbocycles. The van der Waals surface area contributed by atoms with Gasteiger partial charge in [-0.2, -0.15) is 0 Å². The highest BCUT2D eigenvalue weighted by molar-refractivity contribution is 8.76. The molecule has 15 N–H and O–H groups in total. The average molecular weight is 943 g/mol. The van der Waals surface area contributed by atoms with Crippen LogP contribution < -0.4 is 37.6 Å². The molecule has 9 atom stereocenters. The van der Waals surface area contributed by atoms with Crippen molar-refractivity contribution >= 4 is 88.0 Å². The van der Waals surface area contributed by atoms with E-state index < -0.39 is 148 Å². The second-order valence-corrected chi connectivity index (χ2v) is 17.1. The Labute approximate surface area is 355 Å². The van der Waals surface area contributed by atoms with E-state index in [-0.39, 0.29) is 29.1 Å². The Morgan fingerprint density at radius 3 is 1.92 bits per heavy atom. The smallest absolute Gasteiger partial charge is 0.403 e. The number of aliphatic hydroxyl groups excluding tert-OH is 2. The molecule has 0 aromatic carbocycles. The summed E-state index contributed by atoms with van der Waals surface area (Å²) in [6.45, 7) is -2.57. The van der Waals surface area contributed by atoms with Crippen LogP contribution in [0.1, 0.15) is 31.9 Å². The van der Waals surface area contributed by atoms with Crippen LogP contribution in [0.3, 0.4) is 0 Å². The normalized spacial score (nSPS) is 20.2. The Morgan fingerprint density at radius 1 is 0.855 bits per heavy atom. The number of aliphatic carboxylic acids is 4. The van der Waals surface area contributed by atoms with E-state index in [1.807, 2.05) is 5.09 Å². The molecule has 2 aromatic rings. The predicted octanol–water partition coefficient (Wildman–Crippen LogP) is -5.38. The number of aliphatic hydroxyl groups is 2. The van der Waals surface area contributed by atoms with Gasteiger partial charge in [-0.25, -0.2) is 19.6 Å². The topological polar surface area (TPSA) is 463 Å². The van der Waals surface area contributed by atoms with Gasteiger partial charge >= 0.3 is 31.6 Å². The van der Waals surface area contributed by atoms with Crippen LogP contribution in [0.4, 0.5) is 0 Å². The molecule has 0 saturated carbocycles. The van der Waals surface area contributed by atoms with E-state index in [9.17, 15) is 67.9 Å². The van der Waals surface area contributed by atoms with Crippen molar-refractivity contribution in [2.75, 3.05) is 31.2 Å². The molecular weight excluding hydrogens is 899 g/mol. The molecule has 344 valence electrons. The lowest BCUT2D eigenvalue weighted by molar-refractivity contribution is -0.140. The number of nitrogens with zero attached hydrogens (tertiary/aromatic N) is 3. The van der Waals surface area contributed by atoms with Gasteiger partial charge in [0.25, 0.3) is 5.56 Å². The van der Waals surface area contributed by atoms with E-state index in [0.29, 0.717) is 0 Å². The molecule has 0 bridgehead atoms. The Balaban J connectivity index is 1.58. The van der Waals surface area contributed by atoms with E-state index in [1.54, 1.807) is 0 Å². The summed E-state index contributed by atoms with van der Waals surface area (Å²) in [5.41, 5.74) is 4.65. The van der Waals surface area contributed by atoms with Gasteiger partial charge in [0.05, 0.1) is 19.3 Å². The number of imidazole rings is 1. The molecule has 1 fully saturated rings. The molecule has 4 amide bonds. The first-order valence-corrected chi connectivity index (χ1v) is 21.9. The van der Waals surface area contributed by atoms with Crippen molar-refractivity contribution in [3.05, 3.63) is 23.0 Å². The number of ether oxygens (including phenoxy) is 1. The Bertz CT molecular complexity index is 2080. The van der Waals surface area contributed by atoms with Crippen molar-refractivity contribution in [1.82, 2.24) is 45.9 Å². The fourth-order valence-corrected chi connectivity index (χ4v) is 8.57. The summed E-state index contributed by atoms with van der Waals surface area (Å²) in [6.07, 6.45) is -6.17. The standard InChI is InChI=1S/C30H43N10O19PS2/c31-12(29(52)53)1-3-17(41)37-14(25(49)32-5-19(43)44)8-61-62-9-15(26(50)33-6-20(45)46)38-18(42)4-2-13(30(54)55)39-60(56,57)58-7-16-22(47)23(48)28(59-16)40-11-36-21-24(40)34-10-35-27(21)51/h10-16,22-23,28,47-48H,1-9,31H2,(H,32,49)(H,33,50)(H,37,41)(H,38,42)(H,43,44)(H,45,46)(H,52,53)(H,54,55)(H,34,35,51)(H2,39,56,57)/t12?,13?,14?,15?,16-,22-,23-,28-/m1/s1. The third-order valence-electron chi connectivity index (χ3n) is 8.35. The van der Waals surface area contributed by atoms with E-state index in [2.05, 4.69) is 36.2 Å². The van der Waals surface area contributed by atoms with Crippen LogP contribution in [0.25, 0.3) is 11.2 Å². The van der Waals surface area contributed by atoms with Crippen LogP contribution in [0.2, 0.25) is 0 Å². The zero-order valence-corrected chi connectivity index (χ0v) is 34.4. The van der Waals surface area contributed by atoms with Crippen molar-refractivity contribution in [3.63, 3.8) is 0 Å². The minimum atomic E-state index is -5.06. The van der Waals surface area contributed by atoms with Crippen LogP contribution in [0, 0.1) is 0 Å². The maximum atomic E-state index is 12.9. The molecule has 3 heterocycles. The predicted molar refractivity (Wildman–Crippen MR) is 209 cm³/mol. The van der Waals surface area contributed by atoms with Crippen molar-refractivity contribution in [2.45, 2.75) is 74.4 Å². The van der Waals surface area contributed by atoms with Crippen LogP contribution in [-0.2, 0) is 52.2 Å². The van der Waals surface area contributed by atoms with Crippen LogP contribution in [-0.4, -0.2) is 176 Å². The molecule has 32 heteroatoms. The van der Waals surface area contributed by atoms with Crippen molar-refractivity contribution in [2.24, 2.45) is 5.73 Å². The average Bonchev–Trinajstić information content (AvgIpc) is 3.76. The maximum Gasteiger partial charge on any atom is 0.403 e. The molecule has 0 radical (unpaired) electrons. The minimum Gasteiger partial charge on any atom is -0.480 e. The van der Waals surface area contributed by atoms with Gasteiger partial charge in [-0.15, -0.1) is 0 Å². The summed E-state index contributed by atoms with van der Waals surface area (Å²) < 4.78 is 24.5. The van der Waals surface area contributed by atoms with Gasteiger partial charge in [0, 0.05) is 24.3 Å². The number of aromatic nitrogens is 4. The molecule has 1 aliphatic heterocycles. The summed E-state index contributed by atoms with van der Waals surface area (Å²) in [4.78, 5) is 128. The van der Waals surface area contributed by atoms with Gasteiger partial charge in [0.15, 0.2) is 17.4 Å². The number of aromatic amines is 1. The highest BCUT2D eigenvalue weighted by Gasteiger charge is 2.45. The lowest BCUT2D eigenvalue weighted by atomic mass is 10.1. The van der Waals surface area contributed by atoms with Gasteiger partial charge in [-0.1, -0.05) is 21.6 Å². The van der Waals surface area contributed by atoms with Crippen LogP contribution in [0.5, 0.6) is 0 Å². The quantitative estimate of drug-likeness (QED) is 0.0226.